The van der Waals surface area contributed by atoms with Crippen molar-refractivity contribution in [1.82, 2.24) is 29.6 Å². The molecule has 1 spiro atoms. The Kier molecular flexibility index (Phi) is 11.3. The topological polar surface area (TPSA) is 137 Å². The van der Waals surface area contributed by atoms with E-state index in [1.165, 1.54) is 0 Å². The molecule has 2 aromatic rings. The first-order valence-corrected chi connectivity index (χ1v) is 17.5. The maximum absolute atomic E-state index is 13.6. The molecule has 0 bridgehead atoms. The highest BCUT2D eigenvalue weighted by molar-refractivity contribution is 7.89. The van der Waals surface area contributed by atoms with E-state index in [4.69, 9.17) is 10.2 Å². The molecule has 0 unspecified atom stereocenters. The zero-order valence-corrected chi connectivity index (χ0v) is 27.8. The van der Waals surface area contributed by atoms with Gasteiger partial charge in [-0.25, -0.2) is 17.8 Å². The first kappa shape index (κ1) is 34.1. The van der Waals surface area contributed by atoms with Crippen molar-refractivity contribution in [3.8, 4) is 5.69 Å². The van der Waals surface area contributed by atoms with Gasteiger partial charge in [-0.05, 0) is 82.6 Å². The number of aromatic nitrogens is 2. The third kappa shape index (κ3) is 7.35. The number of amides is 2. The van der Waals surface area contributed by atoms with Crippen LogP contribution in [0.4, 0.5) is 0 Å². The van der Waals surface area contributed by atoms with Crippen molar-refractivity contribution in [3.63, 3.8) is 0 Å². The Balaban J connectivity index is 1.44. The minimum Gasteiger partial charge on any atom is -0.396 e. The van der Waals surface area contributed by atoms with Gasteiger partial charge in [0.25, 0.3) is 0 Å². The lowest BCUT2D eigenvalue weighted by Gasteiger charge is -2.52. The minimum atomic E-state index is -3.63. The van der Waals surface area contributed by atoms with Gasteiger partial charge in [-0.1, -0.05) is 27.2 Å². The molecule has 0 saturated carbocycles. The van der Waals surface area contributed by atoms with Gasteiger partial charge >= 0.3 is 0 Å². The quantitative estimate of drug-likeness (QED) is 0.273. The Morgan fingerprint density at radius 3 is 2.39 bits per heavy atom. The Hall–Kier alpha value is -2.80. The molecule has 3 heterocycles. The Morgan fingerprint density at radius 2 is 1.77 bits per heavy atom. The van der Waals surface area contributed by atoms with Gasteiger partial charge in [-0.3, -0.25) is 14.5 Å². The smallest absolute Gasteiger partial charge is 0.246 e. The van der Waals surface area contributed by atoms with E-state index in [1.54, 1.807) is 24.3 Å². The molecule has 1 atom stereocenters. The number of carbonyl (C=O) groups is 2. The average Bonchev–Trinajstić information content (AvgIpc) is 3.27. The molecule has 1 aromatic carbocycles. The van der Waals surface area contributed by atoms with Crippen molar-refractivity contribution in [3.05, 3.63) is 41.2 Å². The van der Waals surface area contributed by atoms with Crippen LogP contribution in [0.3, 0.4) is 0 Å². The summed E-state index contributed by atoms with van der Waals surface area (Å²) >= 11 is 0. The van der Waals surface area contributed by atoms with Gasteiger partial charge in [0.05, 0.1) is 16.3 Å². The summed E-state index contributed by atoms with van der Waals surface area (Å²) in [4.78, 5) is 31.6. The maximum Gasteiger partial charge on any atom is 0.246 e. The Morgan fingerprint density at radius 1 is 1.09 bits per heavy atom. The number of benzene rings is 1. The summed E-state index contributed by atoms with van der Waals surface area (Å²) in [6.07, 6.45) is 4.81. The number of sulfonamides is 1. The number of aliphatic hydroxyl groups is 1. The summed E-state index contributed by atoms with van der Waals surface area (Å²) < 4.78 is 29.7. The normalized spacial score (nSPS) is 19.2. The predicted octanol–water partition coefficient (Wildman–Crippen LogP) is 3.05. The number of nitrogens with one attached hydrogen (secondary N) is 2. The number of aryl methyl sites for hydroxylation is 1. The highest BCUT2D eigenvalue weighted by Crippen LogP contribution is 2.35. The second kappa shape index (κ2) is 14.5. The van der Waals surface area contributed by atoms with Gasteiger partial charge in [-0.2, -0.15) is 5.10 Å². The highest BCUT2D eigenvalue weighted by atomic mass is 32.2. The molecule has 244 valence electrons. The second-order valence-electron chi connectivity index (χ2n) is 12.7. The number of piperidine rings is 1. The molecule has 4 rings (SSSR count). The number of aliphatic hydroxyl groups excluding tert-OH is 1. The van der Waals surface area contributed by atoms with Crippen molar-refractivity contribution < 1.29 is 23.1 Å². The van der Waals surface area contributed by atoms with E-state index in [1.807, 2.05) is 23.4 Å². The minimum absolute atomic E-state index is 0.00972. The summed E-state index contributed by atoms with van der Waals surface area (Å²) in [7, 11) is -3.63. The van der Waals surface area contributed by atoms with Crippen LogP contribution >= 0.6 is 0 Å². The van der Waals surface area contributed by atoms with Crippen molar-refractivity contribution in [2.45, 2.75) is 103 Å². The highest BCUT2D eigenvalue weighted by Gasteiger charge is 2.53. The fraction of sp³-hybridized carbons (Fsp3) is 0.656. The standard InChI is InChI=1S/C32H50N6O5S/c1-6-7-17-37-30(40)29(21-23(2)3)34-31(41)32(37)14-18-36(19-15-32)22-28-24(4)35-38(25(28)5)26-10-12-27(13-11-26)44(42,43)33-16-8-9-20-39/h10-13,23,29,33,39H,6-9,14-22H2,1-5H3,(H,34,41)/t29-/m0/s1. The SMILES string of the molecule is CCCCN1C(=O)[C@H](CC(C)C)NC(=O)C12CCN(Cc1c(C)nn(-c3ccc(S(=O)(=O)NCCCCO)cc3)c1C)CC2. The molecule has 3 N–H and O–H groups in total. The van der Waals surface area contributed by atoms with Crippen molar-refractivity contribution >= 4 is 21.8 Å². The Bertz CT molecular complexity index is 1400. The number of unbranched alkanes of at least 4 members (excludes halogenated alkanes) is 2. The van der Waals surface area contributed by atoms with Crippen molar-refractivity contribution in [2.24, 2.45) is 5.92 Å². The first-order valence-electron chi connectivity index (χ1n) is 16.0. The molecule has 2 amide bonds. The van der Waals surface area contributed by atoms with Gasteiger partial charge in [0.2, 0.25) is 21.8 Å². The van der Waals surface area contributed by atoms with Crippen LogP contribution in [0.2, 0.25) is 0 Å². The zero-order chi connectivity index (χ0) is 32.1. The number of carbonyl (C=O) groups excluding carboxylic acids is 2. The summed E-state index contributed by atoms with van der Waals surface area (Å²) in [6, 6.07) is 6.23. The van der Waals surface area contributed by atoms with Crippen LogP contribution in [0.5, 0.6) is 0 Å². The monoisotopic (exact) mass is 630 g/mol. The lowest BCUT2D eigenvalue weighted by molar-refractivity contribution is -0.161. The van der Waals surface area contributed by atoms with Crippen molar-refractivity contribution in [2.75, 3.05) is 32.8 Å². The predicted molar refractivity (Wildman–Crippen MR) is 170 cm³/mol. The Labute approximate surface area is 262 Å². The molecule has 0 radical (unpaired) electrons. The number of hydrogen-bond acceptors (Lipinski definition) is 7. The molecule has 1 aromatic heterocycles. The summed E-state index contributed by atoms with van der Waals surface area (Å²) in [5.41, 5.74) is 2.96. The fourth-order valence-corrected chi connectivity index (χ4v) is 7.47. The van der Waals surface area contributed by atoms with E-state index in [9.17, 15) is 18.0 Å². The summed E-state index contributed by atoms with van der Waals surface area (Å²) in [5, 5.41) is 16.8. The number of hydrogen-bond donors (Lipinski definition) is 3. The van der Waals surface area contributed by atoms with Crippen LogP contribution in [0, 0.1) is 19.8 Å². The van der Waals surface area contributed by atoms with Crippen LogP contribution < -0.4 is 10.0 Å². The number of likely N-dealkylation sites (tertiary alicyclic amines) is 1. The van der Waals surface area contributed by atoms with Gasteiger partial charge in [0.15, 0.2) is 0 Å². The van der Waals surface area contributed by atoms with Gasteiger partial charge in [0, 0.05) is 50.6 Å². The summed E-state index contributed by atoms with van der Waals surface area (Å²) in [6.45, 7) is 13.2. The van der Waals surface area contributed by atoms with Crippen LogP contribution in [-0.4, -0.2) is 89.3 Å². The fourth-order valence-electron chi connectivity index (χ4n) is 6.40. The number of piperazine rings is 1. The maximum atomic E-state index is 13.6. The average molecular weight is 631 g/mol. The van der Waals surface area contributed by atoms with E-state index >= 15 is 0 Å². The van der Waals surface area contributed by atoms with Crippen LogP contribution in [0.1, 0.15) is 82.7 Å². The molecular formula is C32H50N6O5S. The molecule has 12 heteroatoms. The third-order valence-electron chi connectivity index (χ3n) is 9.03. The largest absolute Gasteiger partial charge is 0.396 e. The van der Waals surface area contributed by atoms with Gasteiger partial charge < -0.3 is 15.3 Å². The van der Waals surface area contributed by atoms with Crippen LogP contribution in [-0.2, 0) is 26.2 Å². The van der Waals surface area contributed by atoms with Crippen molar-refractivity contribution in [1.29, 1.82) is 0 Å². The first-order chi connectivity index (χ1) is 20.9. The number of nitrogens with zero attached hydrogens (tertiary/aromatic N) is 4. The van der Waals surface area contributed by atoms with Crippen LogP contribution in [0.15, 0.2) is 29.2 Å². The molecule has 0 aliphatic carbocycles. The van der Waals surface area contributed by atoms with E-state index < -0.39 is 21.6 Å². The lowest BCUT2D eigenvalue weighted by Crippen LogP contribution is -2.73. The zero-order valence-electron chi connectivity index (χ0n) is 26.9. The second-order valence-corrected chi connectivity index (χ2v) is 14.5. The van der Waals surface area contributed by atoms with E-state index in [0.29, 0.717) is 64.2 Å². The molecule has 2 aliphatic rings. The molecule has 11 nitrogen and oxygen atoms in total. The molecular weight excluding hydrogens is 580 g/mol. The summed E-state index contributed by atoms with van der Waals surface area (Å²) in [5.74, 6) is 0.366. The molecule has 44 heavy (non-hydrogen) atoms. The third-order valence-corrected chi connectivity index (χ3v) is 10.5. The van der Waals surface area contributed by atoms with E-state index in [0.717, 1.165) is 35.5 Å². The number of rotatable bonds is 14. The molecule has 2 aliphatic heterocycles. The molecule has 2 fully saturated rings. The van der Waals surface area contributed by atoms with Gasteiger partial charge in [-0.15, -0.1) is 0 Å². The molecule has 2 saturated heterocycles. The van der Waals surface area contributed by atoms with Crippen LogP contribution in [0.25, 0.3) is 5.69 Å². The van der Waals surface area contributed by atoms with E-state index in [2.05, 4.69) is 35.7 Å². The van der Waals surface area contributed by atoms with E-state index in [-0.39, 0.29) is 29.9 Å². The lowest BCUT2D eigenvalue weighted by atomic mass is 9.80. The van der Waals surface area contributed by atoms with Gasteiger partial charge in [0.1, 0.15) is 11.6 Å².